The number of amides is 1. The van der Waals surface area contributed by atoms with Gasteiger partial charge in [-0.05, 0) is 17.7 Å². The predicted molar refractivity (Wildman–Crippen MR) is 82.4 cm³/mol. The van der Waals surface area contributed by atoms with Gasteiger partial charge in [0.2, 0.25) is 0 Å². The van der Waals surface area contributed by atoms with Crippen LogP contribution < -0.4 is 5.32 Å². The molecule has 2 heterocycles. The molecule has 0 fully saturated rings. The Labute approximate surface area is 131 Å². The second kappa shape index (κ2) is 6.18. The third-order valence-electron chi connectivity index (χ3n) is 3.20. The molecule has 3 rings (SSSR count). The van der Waals surface area contributed by atoms with Crippen LogP contribution in [0.3, 0.4) is 0 Å². The number of carbonyl (C=O) groups excluding carboxylic acids is 1. The normalized spacial score (nSPS) is 10.4. The number of carbonyl (C=O) groups is 2. The smallest absolute Gasteiger partial charge is 0.413 e. The molecule has 23 heavy (non-hydrogen) atoms. The summed E-state index contributed by atoms with van der Waals surface area (Å²) in [5.41, 5.74) is 1.48. The molecule has 2 N–H and O–H groups in total. The van der Waals surface area contributed by atoms with Crippen molar-refractivity contribution in [3.05, 3.63) is 66.0 Å². The Hall–Kier alpha value is -3.35. The summed E-state index contributed by atoms with van der Waals surface area (Å²) in [7, 11) is 0. The number of hydrogen-bond acceptors (Lipinski definition) is 4. The number of imidazole rings is 1. The van der Waals surface area contributed by atoms with Crippen molar-refractivity contribution in [2.24, 2.45) is 0 Å². The van der Waals surface area contributed by atoms with E-state index in [0.717, 1.165) is 5.56 Å². The average molecular weight is 311 g/mol. The topological polar surface area (TPSA) is 92.9 Å². The molecule has 0 saturated carbocycles. The molecular weight excluding hydrogens is 298 g/mol. The van der Waals surface area contributed by atoms with Crippen molar-refractivity contribution >= 4 is 23.5 Å². The van der Waals surface area contributed by atoms with E-state index in [1.807, 2.05) is 30.3 Å². The van der Waals surface area contributed by atoms with E-state index in [1.54, 1.807) is 6.07 Å². The third-order valence-corrected chi connectivity index (χ3v) is 3.20. The maximum Gasteiger partial charge on any atom is 0.413 e. The third kappa shape index (κ3) is 3.29. The van der Waals surface area contributed by atoms with Gasteiger partial charge in [-0.2, -0.15) is 0 Å². The molecule has 0 radical (unpaired) electrons. The minimum atomic E-state index is -1.06. The van der Waals surface area contributed by atoms with Crippen LogP contribution in [0.4, 0.5) is 10.6 Å². The number of nitrogens with zero attached hydrogens (tertiary/aromatic N) is 2. The lowest BCUT2D eigenvalue weighted by atomic mass is 10.2. The second-order valence-electron chi connectivity index (χ2n) is 4.78. The van der Waals surface area contributed by atoms with Gasteiger partial charge in [0.15, 0.2) is 0 Å². The fourth-order valence-electron chi connectivity index (χ4n) is 2.06. The zero-order valence-electron chi connectivity index (χ0n) is 12.0. The van der Waals surface area contributed by atoms with Gasteiger partial charge in [0.05, 0.1) is 11.8 Å². The number of rotatable bonds is 4. The summed E-state index contributed by atoms with van der Waals surface area (Å²) < 4.78 is 6.60. The first-order valence-corrected chi connectivity index (χ1v) is 6.81. The Morgan fingerprint density at radius 1 is 1.17 bits per heavy atom. The minimum Gasteiger partial charge on any atom is -0.478 e. The summed E-state index contributed by atoms with van der Waals surface area (Å²) in [4.78, 5) is 27.0. The minimum absolute atomic E-state index is 0.0937. The maximum atomic E-state index is 11.9. The highest BCUT2D eigenvalue weighted by atomic mass is 16.5. The first-order valence-electron chi connectivity index (χ1n) is 6.81. The van der Waals surface area contributed by atoms with Crippen LogP contribution in [0.25, 0.3) is 5.65 Å². The number of ether oxygens (including phenoxy) is 1. The van der Waals surface area contributed by atoms with Gasteiger partial charge in [-0.25, -0.2) is 14.6 Å². The van der Waals surface area contributed by atoms with Crippen molar-refractivity contribution in [2.75, 3.05) is 5.32 Å². The van der Waals surface area contributed by atoms with Crippen LogP contribution in [0, 0.1) is 0 Å². The lowest BCUT2D eigenvalue weighted by Gasteiger charge is -2.07. The highest BCUT2D eigenvalue weighted by Crippen LogP contribution is 2.14. The van der Waals surface area contributed by atoms with Gasteiger partial charge in [-0.15, -0.1) is 0 Å². The van der Waals surface area contributed by atoms with Crippen molar-refractivity contribution in [1.82, 2.24) is 9.38 Å². The molecule has 0 aliphatic rings. The van der Waals surface area contributed by atoms with Gasteiger partial charge >= 0.3 is 12.1 Å². The van der Waals surface area contributed by atoms with Crippen LogP contribution in [0.1, 0.15) is 15.9 Å². The summed E-state index contributed by atoms with van der Waals surface area (Å²) in [5, 5.41) is 11.6. The van der Waals surface area contributed by atoms with E-state index in [9.17, 15) is 9.59 Å². The van der Waals surface area contributed by atoms with Crippen molar-refractivity contribution in [3.63, 3.8) is 0 Å². The molecule has 3 aromatic rings. The molecule has 0 bridgehead atoms. The Morgan fingerprint density at radius 3 is 2.70 bits per heavy atom. The van der Waals surface area contributed by atoms with E-state index in [2.05, 4.69) is 10.3 Å². The Bertz CT molecular complexity index is 858. The van der Waals surface area contributed by atoms with E-state index in [4.69, 9.17) is 9.84 Å². The van der Waals surface area contributed by atoms with E-state index in [0.29, 0.717) is 11.5 Å². The highest BCUT2D eigenvalue weighted by Gasteiger charge is 2.11. The number of anilines is 1. The van der Waals surface area contributed by atoms with Gasteiger partial charge in [-0.1, -0.05) is 30.3 Å². The lowest BCUT2D eigenvalue weighted by molar-refractivity contribution is 0.0696. The molecule has 0 aliphatic carbocycles. The number of pyridine rings is 1. The van der Waals surface area contributed by atoms with Crippen molar-refractivity contribution < 1.29 is 19.4 Å². The number of hydrogen-bond donors (Lipinski definition) is 2. The number of carboxylic acid groups (broad SMARTS) is 1. The summed E-state index contributed by atoms with van der Waals surface area (Å²) in [6, 6.07) is 12.3. The monoisotopic (exact) mass is 311 g/mol. The van der Waals surface area contributed by atoms with E-state index in [1.165, 1.54) is 22.9 Å². The largest absolute Gasteiger partial charge is 0.478 e. The second-order valence-corrected chi connectivity index (χ2v) is 4.78. The maximum absolute atomic E-state index is 11.9. The van der Waals surface area contributed by atoms with Gasteiger partial charge in [0, 0.05) is 6.20 Å². The lowest BCUT2D eigenvalue weighted by Crippen LogP contribution is -2.15. The quantitative estimate of drug-likeness (QED) is 0.773. The van der Waals surface area contributed by atoms with Crippen LogP contribution in [0.2, 0.25) is 0 Å². The molecule has 0 unspecified atom stereocenters. The first kappa shape index (κ1) is 14.6. The van der Waals surface area contributed by atoms with E-state index >= 15 is 0 Å². The van der Waals surface area contributed by atoms with Crippen LogP contribution >= 0.6 is 0 Å². The van der Waals surface area contributed by atoms with Crippen LogP contribution in [0.5, 0.6) is 0 Å². The SMILES string of the molecule is O=C(Nc1cnc2ccc(C(=O)O)cn12)OCc1ccccc1. The summed E-state index contributed by atoms with van der Waals surface area (Å²) in [5.74, 6) is -0.723. The van der Waals surface area contributed by atoms with Crippen molar-refractivity contribution in [1.29, 1.82) is 0 Å². The Balaban J connectivity index is 1.72. The van der Waals surface area contributed by atoms with Gasteiger partial charge in [0.25, 0.3) is 0 Å². The summed E-state index contributed by atoms with van der Waals surface area (Å²) in [6.45, 7) is 0.143. The number of aromatic carboxylic acids is 1. The average Bonchev–Trinajstić information content (AvgIpc) is 2.96. The van der Waals surface area contributed by atoms with Crippen molar-refractivity contribution in [3.8, 4) is 0 Å². The zero-order chi connectivity index (χ0) is 16.2. The number of fused-ring (bicyclic) bond motifs is 1. The summed E-state index contributed by atoms with van der Waals surface area (Å²) >= 11 is 0. The molecular formula is C16H13N3O4. The number of aromatic nitrogens is 2. The Kier molecular flexibility index (Phi) is 3.92. The molecule has 116 valence electrons. The first-order chi connectivity index (χ1) is 11.1. The van der Waals surface area contributed by atoms with Crippen molar-refractivity contribution in [2.45, 2.75) is 6.61 Å². The highest BCUT2D eigenvalue weighted by molar-refractivity contribution is 5.88. The molecule has 0 spiro atoms. The van der Waals surface area contributed by atoms with E-state index < -0.39 is 12.1 Å². The fourth-order valence-corrected chi connectivity index (χ4v) is 2.06. The standard InChI is InChI=1S/C16H13N3O4/c20-15(21)12-6-7-13-17-8-14(19(13)9-12)18-16(22)23-10-11-4-2-1-3-5-11/h1-9H,10H2,(H,18,22)(H,20,21). The predicted octanol–water partition coefficient (Wildman–Crippen LogP) is 2.78. The Morgan fingerprint density at radius 2 is 1.96 bits per heavy atom. The fraction of sp³-hybridized carbons (Fsp3) is 0.0625. The number of nitrogens with one attached hydrogen (secondary N) is 1. The molecule has 0 atom stereocenters. The molecule has 0 saturated heterocycles. The van der Waals surface area contributed by atoms with Crippen LogP contribution in [0.15, 0.2) is 54.9 Å². The van der Waals surface area contributed by atoms with Crippen LogP contribution in [-0.2, 0) is 11.3 Å². The summed E-state index contributed by atoms with van der Waals surface area (Å²) in [6.07, 6.45) is 2.18. The van der Waals surface area contributed by atoms with Gasteiger partial charge in [0.1, 0.15) is 18.1 Å². The molecule has 7 heteroatoms. The van der Waals surface area contributed by atoms with E-state index in [-0.39, 0.29) is 12.2 Å². The number of carboxylic acids is 1. The molecule has 0 aliphatic heterocycles. The molecule has 7 nitrogen and oxygen atoms in total. The van der Waals surface area contributed by atoms with Crippen LogP contribution in [-0.4, -0.2) is 26.6 Å². The number of benzene rings is 1. The molecule has 2 aromatic heterocycles. The molecule has 1 aromatic carbocycles. The van der Waals surface area contributed by atoms with Gasteiger partial charge < -0.3 is 9.84 Å². The molecule has 1 amide bonds. The zero-order valence-corrected chi connectivity index (χ0v) is 12.0. The van der Waals surface area contributed by atoms with Gasteiger partial charge in [-0.3, -0.25) is 9.72 Å².